The summed E-state index contributed by atoms with van der Waals surface area (Å²) in [5, 5.41) is 3.22. The van der Waals surface area contributed by atoms with Gasteiger partial charge in [-0.2, -0.15) is 0 Å². The number of carbonyl (C=O) groups is 2. The Kier molecular flexibility index (Phi) is 6.47. The maximum absolute atomic E-state index is 12.5. The first-order valence-electron chi connectivity index (χ1n) is 12.0. The molecule has 2 fully saturated rings. The van der Waals surface area contributed by atoms with Crippen LogP contribution < -0.4 is 5.32 Å². The molecule has 0 aromatic heterocycles. The molecule has 2 saturated carbocycles. The molecule has 1 amide bonds. The van der Waals surface area contributed by atoms with Crippen molar-refractivity contribution in [2.24, 2.45) is 28.6 Å². The second-order valence-electron chi connectivity index (χ2n) is 12.0. The van der Waals surface area contributed by atoms with Gasteiger partial charge >= 0.3 is 6.09 Å². The van der Waals surface area contributed by atoms with Crippen LogP contribution in [0.15, 0.2) is 11.1 Å². The van der Waals surface area contributed by atoms with Crippen molar-refractivity contribution in [3.05, 3.63) is 11.1 Å². The van der Waals surface area contributed by atoms with Gasteiger partial charge in [0.25, 0.3) is 0 Å². The Morgan fingerprint density at radius 2 is 1.87 bits per heavy atom. The van der Waals surface area contributed by atoms with E-state index >= 15 is 0 Å². The van der Waals surface area contributed by atoms with Gasteiger partial charge in [0.1, 0.15) is 11.9 Å². The Morgan fingerprint density at radius 3 is 2.50 bits per heavy atom. The van der Waals surface area contributed by atoms with E-state index in [1.807, 2.05) is 20.8 Å². The van der Waals surface area contributed by atoms with E-state index in [1.165, 1.54) is 25.7 Å². The van der Waals surface area contributed by atoms with Crippen molar-refractivity contribution in [3.63, 3.8) is 0 Å². The van der Waals surface area contributed by atoms with Crippen LogP contribution in [0.1, 0.15) is 99.8 Å². The molecule has 1 N–H and O–H groups in total. The maximum Gasteiger partial charge on any atom is 0.407 e. The van der Waals surface area contributed by atoms with E-state index in [0.29, 0.717) is 29.6 Å². The van der Waals surface area contributed by atoms with Gasteiger partial charge in [-0.05, 0) is 101 Å². The molecule has 0 aromatic rings. The van der Waals surface area contributed by atoms with Crippen LogP contribution in [0.5, 0.6) is 0 Å². The third-order valence-corrected chi connectivity index (χ3v) is 8.71. The quantitative estimate of drug-likeness (QED) is 0.423. The lowest BCUT2D eigenvalue weighted by atomic mass is 9.43. The van der Waals surface area contributed by atoms with E-state index in [2.05, 4.69) is 33.0 Å². The highest BCUT2D eigenvalue weighted by atomic mass is 16.6. The van der Waals surface area contributed by atoms with Crippen molar-refractivity contribution in [1.82, 2.24) is 5.32 Å². The summed E-state index contributed by atoms with van der Waals surface area (Å²) in [5.74, 6) is 1.93. The fraction of sp³-hybridized carbons (Fsp3) is 0.846. The van der Waals surface area contributed by atoms with Crippen LogP contribution in [0.2, 0.25) is 0 Å². The van der Waals surface area contributed by atoms with Gasteiger partial charge in [0.15, 0.2) is 0 Å². The second kappa shape index (κ2) is 8.31. The highest BCUT2D eigenvalue weighted by Gasteiger charge is 2.58. The van der Waals surface area contributed by atoms with Crippen LogP contribution in [-0.4, -0.2) is 24.0 Å². The van der Waals surface area contributed by atoms with Gasteiger partial charge in [-0.1, -0.05) is 31.9 Å². The molecule has 30 heavy (non-hydrogen) atoms. The molecule has 170 valence electrons. The summed E-state index contributed by atoms with van der Waals surface area (Å²) in [6, 6.07) is 0.150. The SMILES string of the molecule is CC1=C(CCC=O)[C@@H]2CC[C@H]3C(C)(C)[C@@H](NC(=O)OC(C)(C)C)CC[C@]3(C)[C@H]2CC1. The van der Waals surface area contributed by atoms with E-state index < -0.39 is 5.60 Å². The highest BCUT2D eigenvalue weighted by Crippen LogP contribution is 2.64. The Labute approximate surface area is 183 Å². The van der Waals surface area contributed by atoms with Crippen molar-refractivity contribution in [3.8, 4) is 0 Å². The average Bonchev–Trinajstić information content (AvgIpc) is 2.61. The van der Waals surface area contributed by atoms with Crippen molar-refractivity contribution in [2.75, 3.05) is 0 Å². The molecule has 0 saturated heterocycles. The van der Waals surface area contributed by atoms with E-state index in [9.17, 15) is 9.59 Å². The Morgan fingerprint density at radius 1 is 1.17 bits per heavy atom. The first kappa shape index (κ1) is 23.3. The predicted octanol–water partition coefficient (Wildman–Crippen LogP) is 6.44. The minimum atomic E-state index is -0.473. The Balaban J connectivity index is 1.79. The number of allylic oxidation sites excluding steroid dienone is 2. The number of rotatable bonds is 4. The normalized spacial score (nSPS) is 35.8. The fourth-order valence-electron chi connectivity index (χ4n) is 7.37. The minimum absolute atomic E-state index is 0.0358. The lowest BCUT2D eigenvalue weighted by molar-refractivity contribution is -0.111. The van der Waals surface area contributed by atoms with Gasteiger partial charge in [0.2, 0.25) is 0 Å². The molecule has 0 aliphatic heterocycles. The van der Waals surface area contributed by atoms with E-state index in [0.717, 1.165) is 25.5 Å². The number of amides is 1. The minimum Gasteiger partial charge on any atom is -0.444 e. The Bertz CT molecular complexity index is 702. The number of carbonyl (C=O) groups excluding carboxylic acids is 2. The van der Waals surface area contributed by atoms with Crippen molar-refractivity contribution in [1.29, 1.82) is 0 Å². The molecule has 4 heteroatoms. The number of nitrogens with one attached hydrogen (secondary N) is 1. The summed E-state index contributed by atoms with van der Waals surface area (Å²) in [7, 11) is 0. The van der Waals surface area contributed by atoms with E-state index in [4.69, 9.17) is 4.74 Å². The topological polar surface area (TPSA) is 55.4 Å². The maximum atomic E-state index is 12.5. The zero-order chi connectivity index (χ0) is 22.3. The molecule has 3 aliphatic rings. The van der Waals surface area contributed by atoms with Gasteiger partial charge in [-0.15, -0.1) is 0 Å². The smallest absolute Gasteiger partial charge is 0.407 e. The molecule has 0 aromatic carbocycles. The molecule has 0 bridgehead atoms. The predicted molar refractivity (Wildman–Crippen MR) is 121 cm³/mol. The lowest BCUT2D eigenvalue weighted by Crippen LogP contribution is -2.61. The third-order valence-electron chi connectivity index (χ3n) is 8.71. The summed E-state index contributed by atoms with van der Waals surface area (Å²) >= 11 is 0. The Hall–Kier alpha value is -1.32. The molecular formula is C26H43NO3. The second-order valence-corrected chi connectivity index (χ2v) is 12.0. The first-order valence-corrected chi connectivity index (χ1v) is 12.0. The summed E-state index contributed by atoms with van der Waals surface area (Å²) in [6.45, 7) is 15.3. The summed E-state index contributed by atoms with van der Waals surface area (Å²) in [5.41, 5.74) is 2.99. The molecule has 3 rings (SSSR count). The zero-order valence-electron chi connectivity index (χ0n) is 20.3. The molecule has 0 unspecified atom stereocenters. The third kappa shape index (κ3) is 4.34. The van der Waals surface area contributed by atoms with Gasteiger partial charge in [-0.3, -0.25) is 0 Å². The summed E-state index contributed by atoms with van der Waals surface area (Å²) in [6.07, 6.45) is 9.43. The fourth-order valence-corrected chi connectivity index (χ4v) is 7.37. The van der Waals surface area contributed by atoms with Crippen molar-refractivity contribution >= 4 is 12.4 Å². The zero-order valence-corrected chi connectivity index (χ0v) is 20.3. The number of alkyl carbamates (subject to hydrolysis) is 1. The average molecular weight is 418 g/mol. The summed E-state index contributed by atoms with van der Waals surface area (Å²) in [4.78, 5) is 23.5. The van der Waals surface area contributed by atoms with E-state index in [-0.39, 0.29) is 17.6 Å². The molecule has 0 spiro atoms. The number of hydrogen-bond donors (Lipinski definition) is 1. The molecule has 3 aliphatic carbocycles. The molecule has 0 heterocycles. The molecule has 5 atom stereocenters. The largest absolute Gasteiger partial charge is 0.444 e. The molecule has 4 nitrogen and oxygen atoms in total. The lowest BCUT2D eigenvalue weighted by Gasteiger charge is -2.63. The molecule has 0 radical (unpaired) electrons. The van der Waals surface area contributed by atoms with Crippen LogP contribution in [0.25, 0.3) is 0 Å². The monoisotopic (exact) mass is 417 g/mol. The summed E-state index contributed by atoms with van der Waals surface area (Å²) < 4.78 is 5.56. The van der Waals surface area contributed by atoms with Crippen LogP contribution in [-0.2, 0) is 9.53 Å². The number of hydrogen-bond acceptors (Lipinski definition) is 3. The number of ether oxygens (including phenoxy) is 1. The number of aldehydes is 1. The van der Waals surface area contributed by atoms with E-state index in [1.54, 1.807) is 11.1 Å². The standard InChI is InChI=1S/C26H43NO3/c1-17-10-12-20-19(18(17)9-8-16-28)11-13-21-25(5,6)22(14-15-26(20,21)7)27-23(29)30-24(2,3)4/h16,19-22H,8-15H2,1-7H3,(H,27,29)/t19-,20-,21-,22-,26+/m0/s1. The van der Waals surface area contributed by atoms with Gasteiger partial charge in [0, 0.05) is 12.5 Å². The van der Waals surface area contributed by atoms with Crippen LogP contribution in [0.3, 0.4) is 0 Å². The van der Waals surface area contributed by atoms with Gasteiger partial charge in [-0.25, -0.2) is 4.79 Å². The van der Waals surface area contributed by atoms with Crippen molar-refractivity contribution < 1.29 is 14.3 Å². The van der Waals surface area contributed by atoms with Gasteiger partial charge in [0.05, 0.1) is 0 Å². The highest BCUT2D eigenvalue weighted by molar-refractivity contribution is 5.68. The van der Waals surface area contributed by atoms with Crippen LogP contribution >= 0.6 is 0 Å². The van der Waals surface area contributed by atoms with Crippen molar-refractivity contribution in [2.45, 2.75) is 111 Å². The molecular weight excluding hydrogens is 374 g/mol. The van der Waals surface area contributed by atoms with Gasteiger partial charge < -0.3 is 14.8 Å². The van der Waals surface area contributed by atoms with Crippen LogP contribution in [0, 0.1) is 28.6 Å². The van der Waals surface area contributed by atoms with Crippen LogP contribution in [0.4, 0.5) is 4.79 Å². The first-order chi connectivity index (χ1) is 13.9. The number of fused-ring (bicyclic) bond motifs is 3.